The first-order valence-corrected chi connectivity index (χ1v) is 6.94. The van der Waals surface area contributed by atoms with Gasteiger partial charge in [-0.15, -0.1) is 0 Å². The highest BCUT2D eigenvalue weighted by atomic mass is 35.5. The summed E-state index contributed by atoms with van der Waals surface area (Å²) in [6.07, 6.45) is 0. The van der Waals surface area contributed by atoms with E-state index in [2.05, 4.69) is 5.32 Å². The zero-order valence-corrected chi connectivity index (χ0v) is 12.1. The van der Waals surface area contributed by atoms with E-state index in [0.29, 0.717) is 5.56 Å². The predicted molar refractivity (Wildman–Crippen MR) is 79.6 cm³/mol. The maximum absolute atomic E-state index is 13.8. The molecular weight excluding hydrogens is 277 g/mol. The minimum absolute atomic E-state index is 0.118. The number of hydrogen-bond donors (Lipinski definition) is 1. The fourth-order valence-electron chi connectivity index (χ4n) is 1.87. The number of nitrogens with one attached hydrogen (secondary N) is 1. The third-order valence-corrected chi connectivity index (χ3v) is 3.24. The molecule has 2 nitrogen and oxygen atoms in total. The van der Waals surface area contributed by atoms with Crippen LogP contribution in [-0.4, -0.2) is 6.54 Å². The van der Waals surface area contributed by atoms with Crippen LogP contribution in [0, 0.1) is 5.82 Å². The fraction of sp³-hybridized carbons (Fsp3) is 0.250. The van der Waals surface area contributed by atoms with Crippen molar-refractivity contribution in [3.63, 3.8) is 0 Å². The Bertz CT molecular complexity index is 574. The molecule has 2 rings (SSSR count). The summed E-state index contributed by atoms with van der Waals surface area (Å²) < 4.78 is 19.5. The molecule has 0 aliphatic carbocycles. The molecular formula is C16H17ClFNO. The smallest absolute Gasteiger partial charge is 0.148 e. The second kappa shape index (κ2) is 7.27. The van der Waals surface area contributed by atoms with Crippen LogP contribution in [-0.2, 0) is 13.2 Å². The molecule has 0 bridgehead atoms. The fourth-order valence-corrected chi connectivity index (χ4v) is 2.06. The van der Waals surface area contributed by atoms with E-state index in [1.165, 1.54) is 6.07 Å². The summed E-state index contributed by atoms with van der Waals surface area (Å²) in [7, 11) is 0. The largest absolute Gasteiger partial charge is 0.488 e. The van der Waals surface area contributed by atoms with Gasteiger partial charge in [0.25, 0.3) is 0 Å². The molecule has 0 aliphatic heterocycles. The number of benzene rings is 2. The van der Waals surface area contributed by atoms with Gasteiger partial charge in [-0.05, 0) is 18.7 Å². The summed E-state index contributed by atoms with van der Waals surface area (Å²) in [5.74, 6) is 0.339. The third-order valence-electron chi connectivity index (χ3n) is 2.95. The second-order valence-corrected chi connectivity index (χ2v) is 4.80. The highest BCUT2D eigenvalue weighted by molar-refractivity contribution is 6.30. The summed E-state index contributed by atoms with van der Waals surface area (Å²) in [6.45, 7) is 3.82. The number of halogens is 2. The summed E-state index contributed by atoms with van der Waals surface area (Å²) in [4.78, 5) is 0. The maximum Gasteiger partial charge on any atom is 0.148 e. The van der Waals surface area contributed by atoms with Gasteiger partial charge in [0.15, 0.2) is 0 Å². The van der Waals surface area contributed by atoms with E-state index in [1.54, 1.807) is 12.1 Å². The van der Waals surface area contributed by atoms with Crippen molar-refractivity contribution < 1.29 is 9.13 Å². The van der Waals surface area contributed by atoms with E-state index in [0.717, 1.165) is 24.4 Å². The number of ether oxygens (including phenoxy) is 1. The number of para-hydroxylation sites is 1. The van der Waals surface area contributed by atoms with Crippen LogP contribution in [0.5, 0.6) is 5.75 Å². The molecule has 106 valence electrons. The molecule has 0 fully saturated rings. The molecule has 0 atom stereocenters. The van der Waals surface area contributed by atoms with Gasteiger partial charge >= 0.3 is 0 Å². The normalized spacial score (nSPS) is 10.6. The van der Waals surface area contributed by atoms with Gasteiger partial charge in [0.2, 0.25) is 0 Å². The van der Waals surface area contributed by atoms with Crippen molar-refractivity contribution in [3.8, 4) is 5.75 Å². The molecule has 0 saturated carbocycles. The molecule has 0 radical (unpaired) electrons. The van der Waals surface area contributed by atoms with E-state index < -0.39 is 5.82 Å². The Kier molecular flexibility index (Phi) is 5.39. The highest BCUT2D eigenvalue weighted by Gasteiger charge is 2.08. The molecule has 2 aromatic rings. The van der Waals surface area contributed by atoms with Crippen LogP contribution in [0.1, 0.15) is 18.1 Å². The average Bonchev–Trinajstić information content (AvgIpc) is 2.47. The van der Waals surface area contributed by atoms with Crippen LogP contribution in [0.3, 0.4) is 0 Å². The Morgan fingerprint density at radius 3 is 2.65 bits per heavy atom. The van der Waals surface area contributed by atoms with Gasteiger partial charge in [-0.25, -0.2) is 4.39 Å². The van der Waals surface area contributed by atoms with Gasteiger partial charge in [0, 0.05) is 17.7 Å². The SMILES string of the molecule is CCNCc1ccccc1OCc1cccc(Cl)c1F. The Labute approximate surface area is 123 Å². The van der Waals surface area contributed by atoms with Gasteiger partial charge < -0.3 is 10.1 Å². The minimum Gasteiger partial charge on any atom is -0.488 e. The molecule has 0 spiro atoms. The van der Waals surface area contributed by atoms with E-state index >= 15 is 0 Å². The van der Waals surface area contributed by atoms with Crippen molar-refractivity contribution in [2.45, 2.75) is 20.1 Å². The van der Waals surface area contributed by atoms with Crippen molar-refractivity contribution in [2.75, 3.05) is 6.54 Å². The van der Waals surface area contributed by atoms with Crippen molar-refractivity contribution >= 4 is 11.6 Å². The average molecular weight is 294 g/mol. The summed E-state index contributed by atoms with van der Waals surface area (Å²) in [5, 5.41) is 3.37. The van der Waals surface area contributed by atoms with Crippen LogP contribution >= 0.6 is 11.6 Å². The van der Waals surface area contributed by atoms with Gasteiger partial charge in [0.05, 0.1) is 5.02 Å². The first-order valence-electron chi connectivity index (χ1n) is 6.56. The Hall–Kier alpha value is -1.58. The van der Waals surface area contributed by atoms with Crippen LogP contribution in [0.25, 0.3) is 0 Å². The summed E-state index contributed by atoms with van der Waals surface area (Å²) in [6, 6.07) is 12.7. The molecule has 20 heavy (non-hydrogen) atoms. The lowest BCUT2D eigenvalue weighted by Crippen LogP contribution is -2.13. The Morgan fingerprint density at radius 1 is 1.10 bits per heavy atom. The number of rotatable bonds is 6. The van der Waals surface area contributed by atoms with Crippen LogP contribution in [0.15, 0.2) is 42.5 Å². The van der Waals surface area contributed by atoms with Gasteiger partial charge in [-0.3, -0.25) is 0 Å². The highest BCUT2D eigenvalue weighted by Crippen LogP contribution is 2.22. The molecule has 0 aliphatic rings. The maximum atomic E-state index is 13.8. The summed E-state index contributed by atoms with van der Waals surface area (Å²) >= 11 is 5.75. The van der Waals surface area contributed by atoms with Crippen LogP contribution in [0.4, 0.5) is 4.39 Å². The van der Waals surface area contributed by atoms with E-state index in [-0.39, 0.29) is 11.6 Å². The van der Waals surface area contributed by atoms with Crippen molar-refractivity contribution in [3.05, 3.63) is 64.4 Å². The lowest BCUT2D eigenvalue weighted by molar-refractivity contribution is 0.296. The zero-order chi connectivity index (χ0) is 14.4. The van der Waals surface area contributed by atoms with E-state index in [9.17, 15) is 4.39 Å². The second-order valence-electron chi connectivity index (χ2n) is 4.39. The molecule has 0 unspecified atom stereocenters. The molecule has 0 heterocycles. The van der Waals surface area contributed by atoms with Crippen LogP contribution < -0.4 is 10.1 Å². The predicted octanol–water partition coefficient (Wildman–Crippen LogP) is 4.17. The van der Waals surface area contributed by atoms with Crippen molar-refractivity contribution in [1.82, 2.24) is 5.32 Å². The monoisotopic (exact) mass is 293 g/mol. The molecule has 0 amide bonds. The van der Waals surface area contributed by atoms with Gasteiger partial charge in [-0.2, -0.15) is 0 Å². The minimum atomic E-state index is -0.418. The van der Waals surface area contributed by atoms with Gasteiger partial charge in [-0.1, -0.05) is 48.9 Å². The first kappa shape index (κ1) is 14.8. The molecule has 4 heteroatoms. The van der Waals surface area contributed by atoms with Crippen molar-refractivity contribution in [2.24, 2.45) is 0 Å². The Balaban J connectivity index is 2.09. The lowest BCUT2D eigenvalue weighted by Gasteiger charge is -2.12. The lowest BCUT2D eigenvalue weighted by atomic mass is 10.2. The quantitative estimate of drug-likeness (QED) is 0.863. The third kappa shape index (κ3) is 3.71. The Morgan fingerprint density at radius 2 is 1.85 bits per heavy atom. The topological polar surface area (TPSA) is 21.3 Å². The standard InChI is InChI=1S/C16H17ClFNO/c1-2-19-10-12-6-3-4-9-15(12)20-11-13-7-5-8-14(17)16(13)18/h3-9,19H,2,10-11H2,1H3. The van der Waals surface area contributed by atoms with Crippen LogP contribution in [0.2, 0.25) is 5.02 Å². The molecule has 0 aromatic heterocycles. The zero-order valence-electron chi connectivity index (χ0n) is 11.3. The summed E-state index contributed by atoms with van der Waals surface area (Å²) in [5.41, 5.74) is 1.51. The first-order chi connectivity index (χ1) is 9.72. The molecule has 2 aromatic carbocycles. The number of hydrogen-bond acceptors (Lipinski definition) is 2. The van der Waals surface area contributed by atoms with E-state index in [1.807, 2.05) is 31.2 Å². The molecule has 1 N–H and O–H groups in total. The van der Waals surface area contributed by atoms with Gasteiger partial charge in [0.1, 0.15) is 18.2 Å². The van der Waals surface area contributed by atoms with E-state index in [4.69, 9.17) is 16.3 Å². The molecule has 0 saturated heterocycles. The van der Waals surface area contributed by atoms with Crippen molar-refractivity contribution in [1.29, 1.82) is 0 Å².